The zero-order chi connectivity index (χ0) is 24.0. The number of amides is 1. The molecule has 0 saturated carbocycles. The number of carbonyl (C=O) groups is 1. The number of benzene rings is 3. The summed E-state index contributed by atoms with van der Waals surface area (Å²) >= 11 is 13.9. The smallest absolute Gasteiger partial charge is 0.262 e. The van der Waals surface area contributed by atoms with Crippen molar-refractivity contribution in [2.24, 2.45) is 0 Å². The molecule has 0 radical (unpaired) electrons. The second kappa shape index (κ2) is 11.3. The number of rotatable bonds is 9. The predicted octanol–water partition coefficient (Wildman–Crippen LogP) is 6.07. The van der Waals surface area contributed by atoms with Crippen molar-refractivity contribution in [3.63, 3.8) is 0 Å². The Kier molecular flexibility index (Phi) is 8.70. The highest BCUT2D eigenvalue weighted by Crippen LogP contribution is 2.28. The minimum absolute atomic E-state index is 0.0705. The van der Waals surface area contributed by atoms with E-state index in [1.54, 1.807) is 61.2 Å². The Labute approximate surface area is 208 Å². The fourth-order valence-corrected chi connectivity index (χ4v) is 6.10. The van der Waals surface area contributed by atoms with E-state index in [1.165, 1.54) is 6.07 Å². The van der Waals surface area contributed by atoms with Gasteiger partial charge in [0, 0.05) is 33.7 Å². The molecule has 3 aromatic rings. The van der Waals surface area contributed by atoms with Crippen LogP contribution < -0.4 is 10.0 Å². The van der Waals surface area contributed by atoms with Crippen molar-refractivity contribution in [3.8, 4) is 0 Å². The first-order valence-corrected chi connectivity index (χ1v) is 13.6. The first kappa shape index (κ1) is 25.4. The van der Waals surface area contributed by atoms with Crippen LogP contribution in [0, 0.1) is 13.8 Å². The fraction of sp³-hybridized carbons (Fsp3) is 0.208. The topological polar surface area (TPSA) is 75.3 Å². The van der Waals surface area contributed by atoms with Crippen LogP contribution in [-0.2, 0) is 15.8 Å². The quantitative estimate of drug-likeness (QED) is 0.334. The average molecular weight is 524 g/mol. The Hall–Kier alpha value is -2.19. The van der Waals surface area contributed by atoms with Gasteiger partial charge < -0.3 is 5.32 Å². The number of nitrogens with one attached hydrogen (secondary N) is 2. The molecule has 0 atom stereocenters. The van der Waals surface area contributed by atoms with E-state index in [9.17, 15) is 13.2 Å². The first-order chi connectivity index (χ1) is 15.7. The third-order valence-electron chi connectivity index (χ3n) is 4.97. The summed E-state index contributed by atoms with van der Waals surface area (Å²) < 4.78 is 28.6. The lowest BCUT2D eigenvalue weighted by Gasteiger charge is -2.13. The molecule has 0 fully saturated rings. The molecule has 0 bridgehead atoms. The molecule has 5 nitrogen and oxygen atoms in total. The van der Waals surface area contributed by atoms with Crippen LogP contribution in [0.4, 0.5) is 5.69 Å². The van der Waals surface area contributed by atoms with Gasteiger partial charge in [0.05, 0.1) is 10.6 Å². The normalized spacial score (nSPS) is 11.3. The van der Waals surface area contributed by atoms with Crippen molar-refractivity contribution in [2.45, 2.75) is 24.5 Å². The molecule has 174 valence electrons. The number of hydrogen-bond acceptors (Lipinski definition) is 4. The SMILES string of the molecule is Cc1ccccc1NS(=O)(=O)c1cc(C(=O)NCCSCc2c(Cl)cccc2Cl)ccc1C. The molecule has 1 amide bonds. The Bertz CT molecular complexity index is 1240. The van der Waals surface area contributed by atoms with Gasteiger partial charge in [0.25, 0.3) is 15.9 Å². The molecule has 0 unspecified atom stereocenters. The predicted molar refractivity (Wildman–Crippen MR) is 138 cm³/mol. The lowest BCUT2D eigenvalue weighted by Crippen LogP contribution is -2.26. The first-order valence-electron chi connectivity index (χ1n) is 10.2. The highest BCUT2D eigenvalue weighted by molar-refractivity contribution is 7.98. The van der Waals surface area contributed by atoms with Gasteiger partial charge in [0.15, 0.2) is 0 Å². The van der Waals surface area contributed by atoms with Crippen LogP contribution >= 0.6 is 35.0 Å². The number of thioether (sulfide) groups is 1. The Morgan fingerprint density at radius 1 is 0.939 bits per heavy atom. The molecule has 0 heterocycles. The van der Waals surface area contributed by atoms with E-state index in [4.69, 9.17) is 23.2 Å². The van der Waals surface area contributed by atoms with Gasteiger partial charge in [0.1, 0.15) is 0 Å². The van der Waals surface area contributed by atoms with Crippen molar-refractivity contribution in [2.75, 3.05) is 17.0 Å². The van der Waals surface area contributed by atoms with Crippen LogP contribution in [0.3, 0.4) is 0 Å². The summed E-state index contributed by atoms with van der Waals surface area (Å²) in [5.41, 5.74) is 3.02. The van der Waals surface area contributed by atoms with Crippen LogP contribution in [-0.4, -0.2) is 26.6 Å². The molecule has 9 heteroatoms. The van der Waals surface area contributed by atoms with Crippen LogP contribution in [0.1, 0.15) is 27.0 Å². The van der Waals surface area contributed by atoms with Gasteiger partial charge in [0.2, 0.25) is 0 Å². The van der Waals surface area contributed by atoms with Crippen molar-refractivity contribution in [1.29, 1.82) is 0 Å². The second-order valence-electron chi connectivity index (χ2n) is 7.41. The summed E-state index contributed by atoms with van der Waals surface area (Å²) in [6, 6.07) is 17.2. The zero-order valence-electron chi connectivity index (χ0n) is 18.2. The molecular formula is C24H24Cl2N2O3S2. The maximum atomic E-state index is 13.0. The van der Waals surface area contributed by atoms with E-state index in [1.807, 2.05) is 19.1 Å². The molecule has 0 aromatic heterocycles. The summed E-state index contributed by atoms with van der Waals surface area (Å²) in [6.45, 7) is 3.94. The summed E-state index contributed by atoms with van der Waals surface area (Å²) in [7, 11) is -3.85. The standard InChI is InChI=1S/C24H24Cl2N2O3S2/c1-16-6-3-4-9-22(16)28-33(30,31)23-14-18(11-10-17(23)2)24(29)27-12-13-32-15-19-20(25)7-5-8-21(19)26/h3-11,14,28H,12-13,15H2,1-2H3,(H,27,29). The molecule has 0 aliphatic heterocycles. The molecule has 3 aromatic carbocycles. The lowest BCUT2D eigenvalue weighted by atomic mass is 10.1. The Morgan fingerprint density at radius 3 is 2.33 bits per heavy atom. The molecule has 33 heavy (non-hydrogen) atoms. The molecule has 0 aliphatic rings. The van der Waals surface area contributed by atoms with Gasteiger partial charge >= 0.3 is 0 Å². The van der Waals surface area contributed by atoms with Crippen LogP contribution in [0.5, 0.6) is 0 Å². The number of sulfonamides is 1. The van der Waals surface area contributed by atoms with Crippen LogP contribution in [0.25, 0.3) is 0 Å². The maximum absolute atomic E-state index is 13.0. The summed E-state index contributed by atoms with van der Waals surface area (Å²) in [5, 5.41) is 4.07. The van der Waals surface area contributed by atoms with Crippen molar-refractivity contribution < 1.29 is 13.2 Å². The zero-order valence-corrected chi connectivity index (χ0v) is 21.3. The summed E-state index contributed by atoms with van der Waals surface area (Å²) in [5.74, 6) is 0.948. The monoisotopic (exact) mass is 522 g/mol. The summed E-state index contributed by atoms with van der Waals surface area (Å²) in [6.07, 6.45) is 0. The van der Waals surface area contributed by atoms with E-state index in [0.29, 0.717) is 39.3 Å². The average Bonchev–Trinajstić information content (AvgIpc) is 2.77. The third kappa shape index (κ3) is 6.67. The van der Waals surface area contributed by atoms with Crippen molar-refractivity contribution in [1.82, 2.24) is 5.32 Å². The highest BCUT2D eigenvalue weighted by atomic mass is 35.5. The third-order valence-corrected chi connectivity index (χ3v) is 8.17. The number of para-hydroxylation sites is 1. The maximum Gasteiger partial charge on any atom is 0.262 e. The molecule has 2 N–H and O–H groups in total. The minimum atomic E-state index is -3.85. The fourth-order valence-electron chi connectivity index (χ4n) is 3.10. The van der Waals surface area contributed by atoms with Crippen LogP contribution in [0.15, 0.2) is 65.6 Å². The summed E-state index contributed by atoms with van der Waals surface area (Å²) in [4.78, 5) is 12.7. The number of aryl methyl sites for hydroxylation is 2. The van der Waals surface area contributed by atoms with Crippen molar-refractivity contribution in [3.05, 3.63) is 93.0 Å². The largest absolute Gasteiger partial charge is 0.351 e. The van der Waals surface area contributed by atoms with Gasteiger partial charge in [-0.3, -0.25) is 9.52 Å². The van der Waals surface area contributed by atoms with E-state index in [0.717, 1.165) is 11.1 Å². The van der Waals surface area contributed by atoms with E-state index < -0.39 is 10.0 Å². The van der Waals surface area contributed by atoms with E-state index in [2.05, 4.69) is 10.0 Å². The molecule has 0 aliphatic carbocycles. The van der Waals surface area contributed by atoms with Crippen LogP contribution in [0.2, 0.25) is 10.0 Å². The van der Waals surface area contributed by atoms with Gasteiger partial charge in [-0.2, -0.15) is 11.8 Å². The number of hydrogen-bond donors (Lipinski definition) is 2. The van der Waals surface area contributed by atoms with Gasteiger partial charge in [-0.05, 0) is 60.9 Å². The number of anilines is 1. The lowest BCUT2D eigenvalue weighted by molar-refractivity contribution is 0.0956. The Balaban J connectivity index is 1.61. The molecule has 0 saturated heterocycles. The highest BCUT2D eigenvalue weighted by Gasteiger charge is 2.20. The molecular weight excluding hydrogens is 499 g/mol. The van der Waals surface area contributed by atoms with E-state index in [-0.39, 0.29) is 16.4 Å². The van der Waals surface area contributed by atoms with E-state index >= 15 is 0 Å². The number of carbonyl (C=O) groups excluding carboxylic acids is 1. The van der Waals surface area contributed by atoms with Gasteiger partial charge in [-0.1, -0.05) is 53.5 Å². The van der Waals surface area contributed by atoms with Crippen molar-refractivity contribution >= 4 is 56.6 Å². The minimum Gasteiger partial charge on any atom is -0.351 e. The second-order valence-corrected chi connectivity index (χ2v) is 11.0. The number of halogens is 2. The van der Waals surface area contributed by atoms with Gasteiger partial charge in [-0.15, -0.1) is 0 Å². The molecule has 3 rings (SSSR count). The molecule has 0 spiro atoms. The van der Waals surface area contributed by atoms with Gasteiger partial charge in [-0.25, -0.2) is 8.42 Å². The Morgan fingerprint density at radius 2 is 1.64 bits per heavy atom.